The van der Waals surface area contributed by atoms with Gasteiger partial charge in [-0.15, -0.1) is 10.2 Å². The average Bonchev–Trinajstić information content (AvgIpc) is 3.24. The number of nitrogens with zero attached hydrogens (tertiary/aromatic N) is 7. The first kappa shape index (κ1) is 17.5. The molecule has 0 radical (unpaired) electrons. The van der Waals surface area contributed by atoms with Gasteiger partial charge in [-0.25, -0.2) is 9.36 Å². The quantitative estimate of drug-likeness (QED) is 0.554. The molecule has 0 saturated heterocycles. The molecule has 0 fully saturated rings. The van der Waals surface area contributed by atoms with Crippen molar-refractivity contribution in [2.24, 2.45) is 0 Å². The molecule has 0 aliphatic heterocycles. The van der Waals surface area contributed by atoms with Gasteiger partial charge < -0.3 is 5.32 Å². The van der Waals surface area contributed by atoms with E-state index < -0.39 is 0 Å². The molecule has 28 heavy (non-hydrogen) atoms. The number of tetrazole rings is 1. The van der Waals surface area contributed by atoms with E-state index in [1.807, 2.05) is 19.1 Å². The average molecular weight is 376 g/mol. The molecule has 0 unspecified atom stereocenters. The van der Waals surface area contributed by atoms with Crippen molar-refractivity contribution in [1.82, 2.24) is 35.2 Å². The fourth-order valence-electron chi connectivity index (χ4n) is 2.76. The highest BCUT2D eigenvalue weighted by molar-refractivity contribution is 5.91. The third-order valence-electron chi connectivity index (χ3n) is 4.29. The SMILES string of the molecule is Cc1ccc(-n2cnnn2)cc1NC(=O)CCn1nnc2ccccc2c1=O. The lowest BCUT2D eigenvalue weighted by atomic mass is 10.1. The Kier molecular flexibility index (Phi) is 4.58. The van der Waals surface area contributed by atoms with E-state index in [4.69, 9.17) is 0 Å². The van der Waals surface area contributed by atoms with E-state index in [0.717, 1.165) is 11.3 Å². The molecule has 10 nitrogen and oxygen atoms in total. The highest BCUT2D eigenvalue weighted by Crippen LogP contribution is 2.19. The molecule has 4 rings (SSSR count). The summed E-state index contributed by atoms with van der Waals surface area (Å²) in [5.41, 5.74) is 2.53. The maximum absolute atomic E-state index is 12.4. The highest BCUT2D eigenvalue weighted by atomic mass is 16.2. The molecule has 2 heterocycles. The fourth-order valence-corrected chi connectivity index (χ4v) is 2.76. The maximum atomic E-state index is 12.4. The summed E-state index contributed by atoms with van der Waals surface area (Å²) in [4.78, 5) is 24.8. The number of hydrogen-bond acceptors (Lipinski definition) is 7. The van der Waals surface area contributed by atoms with Gasteiger partial charge in [-0.2, -0.15) is 0 Å². The van der Waals surface area contributed by atoms with Crippen LogP contribution in [0.25, 0.3) is 16.6 Å². The van der Waals surface area contributed by atoms with Crippen LogP contribution in [0, 0.1) is 6.92 Å². The van der Waals surface area contributed by atoms with Gasteiger partial charge in [-0.1, -0.05) is 23.4 Å². The lowest BCUT2D eigenvalue weighted by molar-refractivity contribution is -0.116. The Balaban J connectivity index is 1.47. The third-order valence-corrected chi connectivity index (χ3v) is 4.29. The van der Waals surface area contributed by atoms with Crippen molar-refractivity contribution in [2.75, 3.05) is 5.32 Å². The number of hydrogen-bond donors (Lipinski definition) is 1. The van der Waals surface area contributed by atoms with Crippen molar-refractivity contribution in [2.45, 2.75) is 19.9 Å². The zero-order chi connectivity index (χ0) is 19.5. The first-order valence-corrected chi connectivity index (χ1v) is 8.58. The summed E-state index contributed by atoms with van der Waals surface area (Å²) in [7, 11) is 0. The standard InChI is InChI=1S/C18H16N8O2/c1-12-6-7-13(26-11-19-22-24-26)10-16(12)20-17(27)8-9-25-18(28)14-4-2-3-5-15(14)21-23-25/h2-7,10-11H,8-9H2,1H3,(H,20,27). The molecule has 0 bridgehead atoms. The molecule has 2 aromatic carbocycles. The van der Waals surface area contributed by atoms with Crippen LogP contribution in [0.2, 0.25) is 0 Å². The summed E-state index contributed by atoms with van der Waals surface area (Å²) in [5.74, 6) is -0.237. The zero-order valence-electron chi connectivity index (χ0n) is 15.0. The van der Waals surface area contributed by atoms with Gasteiger partial charge in [0.1, 0.15) is 11.8 Å². The minimum absolute atomic E-state index is 0.0848. The molecule has 1 N–H and O–H groups in total. The number of anilines is 1. The number of fused-ring (bicyclic) bond motifs is 1. The predicted octanol–water partition coefficient (Wildman–Crippen LogP) is 1.10. The summed E-state index contributed by atoms with van der Waals surface area (Å²) in [6.07, 6.45) is 1.56. The van der Waals surface area contributed by atoms with Crippen LogP contribution in [0.5, 0.6) is 0 Å². The van der Waals surface area contributed by atoms with Gasteiger partial charge in [0.05, 0.1) is 17.6 Å². The van der Waals surface area contributed by atoms with Gasteiger partial charge in [0.2, 0.25) is 5.91 Å². The summed E-state index contributed by atoms with van der Waals surface area (Å²) >= 11 is 0. The minimum Gasteiger partial charge on any atom is -0.326 e. The van der Waals surface area contributed by atoms with Crippen LogP contribution in [0.4, 0.5) is 5.69 Å². The van der Waals surface area contributed by atoms with E-state index in [1.165, 1.54) is 15.7 Å². The van der Waals surface area contributed by atoms with Gasteiger partial charge in [0.15, 0.2) is 0 Å². The predicted molar refractivity (Wildman–Crippen MR) is 101 cm³/mol. The number of carbonyl (C=O) groups is 1. The van der Waals surface area contributed by atoms with Crippen molar-refractivity contribution in [3.8, 4) is 5.69 Å². The van der Waals surface area contributed by atoms with Crippen molar-refractivity contribution < 1.29 is 4.79 Å². The molecule has 10 heteroatoms. The normalized spacial score (nSPS) is 10.9. The molecule has 1 amide bonds. The number of aryl methyl sites for hydroxylation is 2. The fraction of sp³-hybridized carbons (Fsp3) is 0.167. The number of nitrogens with one attached hydrogen (secondary N) is 1. The number of benzene rings is 2. The molecular weight excluding hydrogens is 360 g/mol. The molecule has 140 valence electrons. The van der Waals surface area contributed by atoms with Gasteiger partial charge in [-0.3, -0.25) is 9.59 Å². The van der Waals surface area contributed by atoms with E-state index in [0.29, 0.717) is 16.6 Å². The lowest BCUT2D eigenvalue weighted by Gasteiger charge is -2.10. The molecule has 0 aliphatic rings. The molecule has 2 aromatic heterocycles. The Hall–Kier alpha value is -3.95. The van der Waals surface area contributed by atoms with E-state index in [1.54, 1.807) is 30.3 Å². The molecule has 4 aromatic rings. The van der Waals surface area contributed by atoms with Crippen molar-refractivity contribution in [3.05, 3.63) is 64.7 Å². The van der Waals surface area contributed by atoms with Crippen molar-refractivity contribution >= 4 is 22.5 Å². The van der Waals surface area contributed by atoms with Gasteiger partial charge in [0, 0.05) is 12.1 Å². The van der Waals surface area contributed by atoms with E-state index in [2.05, 4.69) is 31.2 Å². The van der Waals surface area contributed by atoms with Crippen LogP contribution < -0.4 is 10.9 Å². The first-order chi connectivity index (χ1) is 13.6. The number of rotatable bonds is 5. The molecule has 0 saturated carbocycles. The Morgan fingerprint density at radius 1 is 1.14 bits per heavy atom. The van der Waals surface area contributed by atoms with Crippen LogP contribution >= 0.6 is 0 Å². The smallest absolute Gasteiger partial charge is 0.277 e. The van der Waals surface area contributed by atoms with Crippen LogP contribution in [0.1, 0.15) is 12.0 Å². The lowest BCUT2D eigenvalue weighted by Crippen LogP contribution is -2.26. The Morgan fingerprint density at radius 3 is 2.82 bits per heavy atom. The van der Waals surface area contributed by atoms with Crippen molar-refractivity contribution in [1.29, 1.82) is 0 Å². The maximum Gasteiger partial charge on any atom is 0.277 e. The first-order valence-electron chi connectivity index (χ1n) is 8.58. The monoisotopic (exact) mass is 376 g/mol. The number of aromatic nitrogens is 7. The van der Waals surface area contributed by atoms with Gasteiger partial charge in [0.25, 0.3) is 5.56 Å². The van der Waals surface area contributed by atoms with E-state index in [-0.39, 0.29) is 24.4 Å². The minimum atomic E-state index is -0.268. The second-order valence-electron chi connectivity index (χ2n) is 6.19. The highest BCUT2D eigenvalue weighted by Gasteiger charge is 2.10. The number of carbonyl (C=O) groups excluding carboxylic acids is 1. The molecule has 0 spiro atoms. The zero-order valence-corrected chi connectivity index (χ0v) is 15.0. The second-order valence-corrected chi connectivity index (χ2v) is 6.19. The van der Waals surface area contributed by atoms with E-state index >= 15 is 0 Å². The van der Waals surface area contributed by atoms with Crippen molar-refractivity contribution in [3.63, 3.8) is 0 Å². The second kappa shape index (κ2) is 7.35. The van der Waals surface area contributed by atoms with Crippen LogP contribution in [-0.2, 0) is 11.3 Å². The molecule has 0 atom stereocenters. The topological polar surface area (TPSA) is 120 Å². The third kappa shape index (κ3) is 3.47. The summed E-state index contributed by atoms with van der Waals surface area (Å²) in [6.45, 7) is 2.02. The summed E-state index contributed by atoms with van der Waals surface area (Å²) in [6, 6.07) is 12.5. The summed E-state index contributed by atoms with van der Waals surface area (Å²) in [5, 5.41) is 22.3. The van der Waals surface area contributed by atoms with Crippen LogP contribution in [0.15, 0.2) is 53.6 Å². The Bertz CT molecular complexity index is 1200. The van der Waals surface area contributed by atoms with Crippen LogP contribution in [-0.4, -0.2) is 41.1 Å². The van der Waals surface area contributed by atoms with Gasteiger partial charge >= 0.3 is 0 Å². The number of amides is 1. The van der Waals surface area contributed by atoms with Gasteiger partial charge in [-0.05, 0) is 47.2 Å². The largest absolute Gasteiger partial charge is 0.326 e. The summed E-state index contributed by atoms with van der Waals surface area (Å²) < 4.78 is 2.70. The van der Waals surface area contributed by atoms with E-state index in [9.17, 15) is 9.59 Å². The molecular formula is C18H16N8O2. The Labute approximate surface area is 158 Å². The molecule has 0 aliphatic carbocycles. The van der Waals surface area contributed by atoms with Crippen LogP contribution in [0.3, 0.4) is 0 Å². The Morgan fingerprint density at radius 2 is 2.00 bits per heavy atom.